The summed E-state index contributed by atoms with van der Waals surface area (Å²) in [5.74, 6) is 0. The highest BCUT2D eigenvalue weighted by molar-refractivity contribution is 7.18. The number of nitrogens with one attached hydrogen (secondary N) is 1. The molecule has 2 aromatic heterocycles. The second-order valence-electron chi connectivity index (χ2n) is 4.23. The first-order chi connectivity index (χ1) is 8.67. The number of aryl methyl sites for hydroxylation is 1. The highest BCUT2D eigenvalue weighted by Gasteiger charge is 2.10. The lowest BCUT2D eigenvalue weighted by atomic mass is 10.2. The number of fused-ring (bicyclic) bond motifs is 1. The van der Waals surface area contributed by atoms with E-state index in [1.165, 1.54) is 15.9 Å². The van der Waals surface area contributed by atoms with Gasteiger partial charge in [0.1, 0.15) is 4.83 Å². The number of hydrogen-bond acceptors (Lipinski definition) is 4. The Kier molecular flexibility index (Phi) is 3.98. The van der Waals surface area contributed by atoms with Gasteiger partial charge in [0.15, 0.2) is 0 Å². The summed E-state index contributed by atoms with van der Waals surface area (Å²) in [5.41, 5.74) is 4.86. The van der Waals surface area contributed by atoms with Crippen LogP contribution in [0.3, 0.4) is 0 Å². The lowest BCUT2D eigenvalue weighted by Gasteiger charge is -2.02. The molecule has 0 unspecified atom stereocenters. The number of rotatable bonds is 5. The lowest BCUT2D eigenvalue weighted by Crippen LogP contribution is -2.35. The molecule has 2 rings (SSSR count). The predicted molar refractivity (Wildman–Crippen MR) is 74.4 cm³/mol. The molecule has 0 aromatic carbocycles. The molecule has 0 amide bonds. The molecule has 5 nitrogen and oxygen atoms in total. The van der Waals surface area contributed by atoms with Crippen molar-refractivity contribution >= 4 is 21.6 Å². The molecular formula is C12H17N3O2S. The van der Waals surface area contributed by atoms with Gasteiger partial charge < -0.3 is 5.73 Å². The molecule has 3 N–H and O–H groups in total. The molecule has 18 heavy (non-hydrogen) atoms. The molecule has 0 saturated heterocycles. The standard InChI is InChI=1S/C12H17N3O2S/c1-2-4-8-7-9-10(18-8)14-12(17)15(11(9)16)6-3-5-13/h7H,2-6,13H2,1H3,(H,14,17). The van der Waals surface area contributed by atoms with Gasteiger partial charge in [0.25, 0.3) is 5.56 Å². The first kappa shape index (κ1) is 13.0. The van der Waals surface area contributed by atoms with Crippen molar-refractivity contribution in [2.45, 2.75) is 32.7 Å². The van der Waals surface area contributed by atoms with Gasteiger partial charge in [-0.3, -0.25) is 14.3 Å². The minimum Gasteiger partial charge on any atom is -0.330 e. The van der Waals surface area contributed by atoms with E-state index in [1.54, 1.807) is 0 Å². The molecule has 0 radical (unpaired) electrons. The van der Waals surface area contributed by atoms with E-state index in [1.807, 2.05) is 6.07 Å². The summed E-state index contributed by atoms with van der Waals surface area (Å²) in [6, 6.07) is 1.89. The largest absolute Gasteiger partial charge is 0.330 e. The van der Waals surface area contributed by atoms with E-state index in [2.05, 4.69) is 11.9 Å². The van der Waals surface area contributed by atoms with E-state index in [9.17, 15) is 9.59 Å². The van der Waals surface area contributed by atoms with Crippen LogP contribution in [0.15, 0.2) is 15.7 Å². The van der Waals surface area contributed by atoms with E-state index in [0.717, 1.165) is 17.7 Å². The van der Waals surface area contributed by atoms with Gasteiger partial charge in [-0.2, -0.15) is 0 Å². The number of hydrogen-bond donors (Lipinski definition) is 2. The molecule has 0 fully saturated rings. The van der Waals surface area contributed by atoms with Crippen molar-refractivity contribution in [3.05, 3.63) is 31.8 Å². The van der Waals surface area contributed by atoms with Crippen molar-refractivity contribution in [1.82, 2.24) is 9.55 Å². The second-order valence-corrected chi connectivity index (χ2v) is 5.37. The number of nitrogens with two attached hydrogens (primary N) is 1. The smallest absolute Gasteiger partial charge is 0.329 e. The Bertz CT molecular complexity index is 653. The average Bonchev–Trinajstić information content (AvgIpc) is 2.72. The number of thiophene rings is 1. The zero-order valence-electron chi connectivity index (χ0n) is 10.4. The molecule has 6 heteroatoms. The molecule has 0 aliphatic carbocycles. The summed E-state index contributed by atoms with van der Waals surface area (Å²) in [4.78, 5) is 28.6. The fourth-order valence-electron chi connectivity index (χ4n) is 1.92. The van der Waals surface area contributed by atoms with E-state index in [4.69, 9.17) is 5.73 Å². The normalized spacial score (nSPS) is 11.2. The summed E-state index contributed by atoms with van der Waals surface area (Å²) >= 11 is 1.49. The number of nitrogens with zero attached hydrogens (tertiary/aromatic N) is 1. The second kappa shape index (κ2) is 5.49. The SMILES string of the molecule is CCCc1cc2c(=O)n(CCCN)c(=O)[nH]c2s1. The minimum absolute atomic E-state index is 0.208. The lowest BCUT2D eigenvalue weighted by molar-refractivity contribution is 0.604. The van der Waals surface area contributed by atoms with Crippen LogP contribution < -0.4 is 17.0 Å². The molecular weight excluding hydrogens is 250 g/mol. The van der Waals surface area contributed by atoms with Crippen LogP contribution in [0.2, 0.25) is 0 Å². The zero-order valence-corrected chi connectivity index (χ0v) is 11.2. The monoisotopic (exact) mass is 267 g/mol. The fraction of sp³-hybridized carbons (Fsp3) is 0.500. The predicted octanol–water partition coefficient (Wildman–Crippen LogP) is 1.05. The summed E-state index contributed by atoms with van der Waals surface area (Å²) in [7, 11) is 0. The quantitative estimate of drug-likeness (QED) is 0.849. The van der Waals surface area contributed by atoms with E-state index in [-0.39, 0.29) is 11.2 Å². The Morgan fingerprint density at radius 3 is 2.89 bits per heavy atom. The van der Waals surface area contributed by atoms with Gasteiger partial charge in [0.2, 0.25) is 0 Å². The maximum Gasteiger partial charge on any atom is 0.329 e. The molecule has 2 heterocycles. The van der Waals surface area contributed by atoms with Gasteiger partial charge >= 0.3 is 5.69 Å². The fourth-order valence-corrected chi connectivity index (χ4v) is 3.06. The van der Waals surface area contributed by atoms with Gasteiger partial charge in [0.05, 0.1) is 5.39 Å². The van der Waals surface area contributed by atoms with E-state index < -0.39 is 0 Å². The number of H-pyrrole nitrogens is 1. The molecule has 0 bridgehead atoms. The van der Waals surface area contributed by atoms with Crippen LogP contribution in [-0.2, 0) is 13.0 Å². The van der Waals surface area contributed by atoms with Crippen LogP contribution in [0, 0.1) is 0 Å². The Labute approximate surface area is 108 Å². The first-order valence-electron chi connectivity index (χ1n) is 6.13. The zero-order chi connectivity index (χ0) is 13.1. The average molecular weight is 267 g/mol. The molecule has 0 spiro atoms. The molecule has 0 aliphatic rings. The van der Waals surface area contributed by atoms with Crippen molar-refractivity contribution in [1.29, 1.82) is 0 Å². The number of aromatic amines is 1. The van der Waals surface area contributed by atoms with E-state index in [0.29, 0.717) is 29.7 Å². The maximum absolute atomic E-state index is 12.2. The van der Waals surface area contributed by atoms with Gasteiger partial charge in [-0.15, -0.1) is 11.3 Å². The maximum atomic E-state index is 12.2. The summed E-state index contributed by atoms with van der Waals surface area (Å²) in [5, 5.41) is 0.611. The third-order valence-corrected chi connectivity index (χ3v) is 3.92. The van der Waals surface area contributed by atoms with Crippen molar-refractivity contribution in [3.63, 3.8) is 0 Å². The van der Waals surface area contributed by atoms with Gasteiger partial charge in [-0.25, -0.2) is 4.79 Å². The number of aromatic nitrogens is 2. The molecule has 98 valence electrons. The van der Waals surface area contributed by atoms with Gasteiger partial charge in [0, 0.05) is 11.4 Å². The molecule has 0 atom stereocenters. The first-order valence-corrected chi connectivity index (χ1v) is 6.94. The third kappa shape index (κ3) is 2.39. The van der Waals surface area contributed by atoms with E-state index >= 15 is 0 Å². The van der Waals surface area contributed by atoms with Gasteiger partial charge in [-0.1, -0.05) is 13.3 Å². The summed E-state index contributed by atoms with van der Waals surface area (Å²) in [6.45, 7) is 2.93. The highest BCUT2D eigenvalue weighted by Crippen LogP contribution is 2.21. The summed E-state index contributed by atoms with van der Waals surface area (Å²) in [6.07, 6.45) is 2.59. The Hall–Kier alpha value is -1.40. The third-order valence-electron chi connectivity index (χ3n) is 2.81. The van der Waals surface area contributed by atoms with Crippen LogP contribution in [0.1, 0.15) is 24.6 Å². The van der Waals surface area contributed by atoms with Crippen molar-refractivity contribution in [2.75, 3.05) is 6.54 Å². The molecule has 0 aliphatic heterocycles. The van der Waals surface area contributed by atoms with Crippen LogP contribution in [0.5, 0.6) is 0 Å². The highest BCUT2D eigenvalue weighted by atomic mass is 32.1. The topological polar surface area (TPSA) is 80.9 Å². The summed E-state index contributed by atoms with van der Waals surface area (Å²) < 4.78 is 1.23. The van der Waals surface area contributed by atoms with Crippen LogP contribution in [0.4, 0.5) is 0 Å². The van der Waals surface area contributed by atoms with Crippen molar-refractivity contribution in [2.24, 2.45) is 5.73 Å². The Morgan fingerprint density at radius 1 is 1.44 bits per heavy atom. The van der Waals surface area contributed by atoms with Crippen molar-refractivity contribution < 1.29 is 0 Å². The molecule has 2 aromatic rings. The minimum atomic E-state index is -0.342. The molecule has 0 saturated carbocycles. The van der Waals surface area contributed by atoms with Crippen LogP contribution in [0.25, 0.3) is 10.2 Å². The Balaban J connectivity index is 2.54. The van der Waals surface area contributed by atoms with Crippen LogP contribution >= 0.6 is 11.3 Å². The van der Waals surface area contributed by atoms with Gasteiger partial charge in [-0.05, 0) is 25.5 Å². The van der Waals surface area contributed by atoms with Crippen LogP contribution in [-0.4, -0.2) is 16.1 Å². The Morgan fingerprint density at radius 2 is 2.22 bits per heavy atom. The van der Waals surface area contributed by atoms with Crippen molar-refractivity contribution in [3.8, 4) is 0 Å².